The van der Waals surface area contributed by atoms with Crippen molar-refractivity contribution in [3.63, 3.8) is 0 Å². The van der Waals surface area contributed by atoms with E-state index in [0.29, 0.717) is 35.6 Å². The van der Waals surface area contributed by atoms with Crippen molar-refractivity contribution in [1.29, 1.82) is 0 Å². The first-order valence-corrected chi connectivity index (χ1v) is 11.1. The highest BCUT2D eigenvalue weighted by Crippen LogP contribution is 2.31. The summed E-state index contributed by atoms with van der Waals surface area (Å²) >= 11 is 0. The van der Waals surface area contributed by atoms with Crippen molar-refractivity contribution in [3.8, 4) is 0 Å². The number of anilines is 3. The second kappa shape index (κ2) is 9.43. The van der Waals surface area contributed by atoms with Crippen LogP contribution in [0.3, 0.4) is 0 Å². The van der Waals surface area contributed by atoms with Crippen molar-refractivity contribution in [2.45, 2.75) is 44.8 Å². The van der Waals surface area contributed by atoms with E-state index in [-0.39, 0.29) is 24.1 Å². The lowest BCUT2D eigenvalue weighted by Crippen LogP contribution is -2.38. The summed E-state index contributed by atoms with van der Waals surface area (Å²) in [5.41, 5.74) is 0.407. The minimum atomic E-state index is -4.53. The first-order chi connectivity index (χ1) is 16.1. The van der Waals surface area contributed by atoms with Crippen LogP contribution >= 0.6 is 0 Å². The highest BCUT2D eigenvalue weighted by Gasteiger charge is 2.32. The number of hydrogen-bond donors (Lipinski definition) is 3. The zero-order chi connectivity index (χ0) is 24.5. The molecule has 0 unspecified atom stereocenters. The number of amides is 2. The summed E-state index contributed by atoms with van der Waals surface area (Å²) in [6, 6.07) is 1.92. The largest absolute Gasteiger partial charge is 0.433 e. The Morgan fingerprint density at radius 1 is 1.21 bits per heavy atom. The Labute approximate surface area is 194 Å². The van der Waals surface area contributed by atoms with Gasteiger partial charge in [0, 0.05) is 25.8 Å². The average molecular weight is 477 g/mol. The number of hydrogen-bond acceptors (Lipinski definition) is 7. The quantitative estimate of drug-likeness (QED) is 0.607. The predicted molar refractivity (Wildman–Crippen MR) is 120 cm³/mol. The standard InChI is InChI=1S/C22H26F3N7O2/c1-12-18-19(32(2)11-17(33)30-18)31-21(28-12)27-9-13-3-6-15(7-4-13)29-20(34)14-5-8-16(26-10-14)22(23,24)25/h5,8,10,13,15H,3-4,6-7,9,11H2,1-2H3,(H,29,34)(H,30,33)(H,27,28,31)/t13-,15-. The Balaban J connectivity index is 1.26. The fourth-order valence-corrected chi connectivity index (χ4v) is 4.24. The van der Waals surface area contributed by atoms with Gasteiger partial charge in [-0.3, -0.25) is 14.6 Å². The molecule has 1 fully saturated rings. The topological polar surface area (TPSA) is 112 Å². The van der Waals surface area contributed by atoms with Crippen LogP contribution in [0.5, 0.6) is 0 Å². The van der Waals surface area contributed by atoms with Crippen LogP contribution in [0.2, 0.25) is 0 Å². The fraction of sp³-hybridized carbons (Fsp3) is 0.500. The number of halogens is 3. The van der Waals surface area contributed by atoms with Crippen molar-refractivity contribution in [1.82, 2.24) is 20.3 Å². The third-order valence-electron chi connectivity index (χ3n) is 6.12. The molecule has 2 amide bonds. The van der Waals surface area contributed by atoms with Gasteiger partial charge >= 0.3 is 6.18 Å². The van der Waals surface area contributed by atoms with Gasteiger partial charge in [-0.15, -0.1) is 0 Å². The van der Waals surface area contributed by atoms with E-state index in [9.17, 15) is 22.8 Å². The van der Waals surface area contributed by atoms with E-state index in [0.717, 1.165) is 44.0 Å². The lowest BCUT2D eigenvalue weighted by Gasteiger charge is -2.30. The minimum absolute atomic E-state index is 0.0365. The number of pyridine rings is 1. The summed E-state index contributed by atoms with van der Waals surface area (Å²) in [6.07, 6.45) is -0.282. The maximum Gasteiger partial charge on any atom is 0.433 e. The number of rotatable bonds is 5. The number of aromatic nitrogens is 3. The van der Waals surface area contributed by atoms with Gasteiger partial charge in [0.1, 0.15) is 11.4 Å². The molecular formula is C22H26F3N7O2. The second-order valence-corrected chi connectivity index (χ2v) is 8.74. The Hall–Kier alpha value is -3.44. The molecule has 0 saturated heterocycles. The third-order valence-corrected chi connectivity index (χ3v) is 6.12. The van der Waals surface area contributed by atoms with Crippen LogP contribution in [0.1, 0.15) is 47.4 Å². The highest BCUT2D eigenvalue weighted by molar-refractivity contribution is 6.00. The van der Waals surface area contributed by atoms with Crippen LogP contribution in [0.4, 0.5) is 30.6 Å². The van der Waals surface area contributed by atoms with Crippen LogP contribution in [-0.4, -0.2) is 52.9 Å². The minimum Gasteiger partial charge on any atom is -0.354 e. The predicted octanol–water partition coefficient (Wildman–Crippen LogP) is 2.99. The summed E-state index contributed by atoms with van der Waals surface area (Å²) in [5, 5.41) is 8.99. The van der Waals surface area contributed by atoms with Crippen LogP contribution < -0.4 is 20.9 Å². The normalized spacial score (nSPS) is 20.4. The molecule has 0 atom stereocenters. The molecule has 0 aromatic carbocycles. The Morgan fingerprint density at radius 2 is 1.94 bits per heavy atom. The molecule has 3 N–H and O–H groups in total. The van der Waals surface area contributed by atoms with E-state index >= 15 is 0 Å². The lowest BCUT2D eigenvalue weighted by atomic mass is 9.86. The van der Waals surface area contributed by atoms with E-state index < -0.39 is 17.8 Å². The smallest absolute Gasteiger partial charge is 0.354 e. The van der Waals surface area contributed by atoms with Crippen LogP contribution in [0.15, 0.2) is 18.3 Å². The van der Waals surface area contributed by atoms with E-state index in [1.807, 2.05) is 14.0 Å². The summed E-state index contributed by atoms with van der Waals surface area (Å²) < 4.78 is 37.9. The van der Waals surface area contributed by atoms with E-state index in [2.05, 4.69) is 30.9 Å². The van der Waals surface area contributed by atoms with E-state index in [4.69, 9.17) is 0 Å². The number of carbonyl (C=O) groups is 2. The molecule has 1 aliphatic carbocycles. The summed E-state index contributed by atoms with van der Waals surface area (Å²) in [5.74, 6) is 1.04. The van der Waals surface area contributed by atoms with E-state index in [1.165, 1.54) is 0 Å². The van der Waals surface area contributed by atoms with Gasteiger partial charge in [0.05, 0.1) is 17.8 Å². The van der Waals surface area contributed by atoms with Crippen molar-refractivity contribution >= 4 is 29.3 Å². The second-order valence-electron chi connectivity index (χ2n) is 8.74. The number of fused-ring (bicyclic) bond motifs is 1. The molecule has 9 nitrogen and oxygen atoms in total. The molecule has 182 valence electrons. The van der Waals surface area contributed by atoms with Crippen molar-refractivity contribution in [2.75, 3.05) is 35.7 Å². The highest BCUT2D eigenvalue weighted by atomic mass is 19.4. The van der Waals surface area contributed by atoms with Gasteiger partial charge in [0.15, 0.2) is 5.82 Å². The molecule has 2 aliphatic rings. The van der Waals surface area contributed by atoms with Gasteiger partial charge < -0.3 is 20.9 Å². The van der Waals surface area contributed by atoms with Crippen LogP contribution in [-0.2, 0) is 11.0 Å². The number of likely N-dealkylation sites (N-methyl/N-ethyl adjacent to an activating group) is 1. The number of nitrogens with zero attached hydrogens (tertiary/aromatic N) is 4. The molecule has 0 spiro atoms. The Morgan fingerprint density at radius 3 is 2.59 bits per heavy atom. The van der Waals surface area contributed by atoms with Gasteiger partial charge in [0.2, 0.25) is 11.9 Å². The number of carbonyl (C=O) groups excluding carboxylic acids is 2. The van der Waals surface area contributed by atoms with Gasteiger partial charge in [-0.25, -0.2) is 4.98 Å². The molecule has 1 saturated carbocycles. The Bertz CT molecular complexity index is 1070. The lowest BCUT2D eigenvalue weighted by molar-refractivity contribution is -0.141. The molecule has 1 aliphatic heterocycles. The molecule has 2 aromatic heterocycles. The third kappa shape index (κ3) is 5.37. The summed E-state index contributed by atoms with van der Waals surface area (Å²) in [7, 11) is 1.81. The van der Waals surface area contributed by atoms with Gasteiger partial charge in [0.25, 0.3) is 5.91 Å². The Kier molecular flexibility index (Phi) is 6.58. The zero-order valence-corrected chi connectivity index (χ0v) is 18.9. The van der Waals surface area contributed by atoms with Crippen molar-refractivity contribution in [3.05, 3.63) is 35.3 Å². The molecule has 34 heavy (non-hydrogen) atoms. The van der Waals surface area contributed by atoms with Gasteiger partial charge in [-0.05, 0) is 50.7 Å². The average Bonchev–Trinajstić information content (AvgIpc) is 2.79. The van der Waals surface area contributed by atoms with Crippen LogP contribution in [0.25, 0.3) is 0 Å². The summed E-state index contributed by atoms with van der Waals surface area (Å²) in [4.78, 5) is 38.2. The van der Waals surface area contributed by atoms with Crippen LogP contribution in [0, 0.1) is 12.8 Å². The maximum absolute atomic E-state index is 12.6. The van der Waals surface area contributed by atoms with E-state index in [1.54, 1.807) is 4.90 Å². The molecule has 0 radical (unpaired) electrons. The maximum atomic E-state index is 12.6. The molecule has 2 aromatic rings. The van der Waals surface area contributed by atoms with Gasteiger partial charge in [-0.2, -0.15) is 18.2 Å². The molecule has 4 rings (SSSR count). The SMILES string of the molecule is Cc1nc(NC[C@H]2CC[C@H](NC(=O)c3ccc(C(F)(F)F)nc3)CC2)nc2c1NC(=O)CN2C. The van der Waals surface area contributed by atoms with Gasteiger partial charge in [-0.1, -0.05) is 0 Å². The van der Waals surface area contributed by atoms with Crippen molar-refractivity contribution in [2.24, 2.45) is 5.92 Å². The number of aryl methyl sites for hydroxylation is 1. The van der Waals surface area contributed by atoms with Crippen molar-refractivity contribution < 1.29 is 22.8 Å². The fourth-order valence-electron chi connectivity index (χ4n) is 4.24. The first kappa shape index (κ1) is 23.7. The zero-order valence-electron chi connectivity index (χ0n) is 18.9. The summed E-state index contributed by atoms with van der Waals surface area (Å²) in [6.45, 7) is 2.74. The first-order valence-electron chi connectivity index (χ1n) is 11.1. The molecule has 0 bridgehead atoms. The molecule has 3 heterocycles. The molecular weight excluding hydrogens is 451 g/mol. The molecule has 12 heteroatoms. The number of nitrogens with one attached hydrogen (secondary N) is 3. The number of alkyl halides is 3. The monoisotopic (exact) mass is 477 g/mol.